The Bertz CT molecular complexity index is 497. The smallest absolute Gasteiger partial charge is 0.402 e. The van der Waals surface area contributed by atoms with E-state index in [0.717, 1.165) is 12.1 Å². The average Bonchev–Trinajstić information content (AvgIpc) is 2.31. The number of hydrogen-bond donors (Lipinski definition) is 0. The highest BCUT2D eigenvalue weighted by molar-refractivity contribution is 7.48. The molecule has 0 saturated heterocycles. The Labute approximate surface area is 119 Å². The van der Waals surface area contributed by atoms with Crippen LogP contribution in [-0.2, 0) is 19.8 Å². The number of benzene rings is 1. The maximum Gasteiger partial charge on any atom is 0.530 e. The zero-order chi connectivity index (χ0) is 15.4. The summed E-state index contributed by atoms with van der Waals surface area (Å²) in [5.74, 6) is -0.204. The van der Waals surface area contributed by atoms with Gasteiger partial charge in [0, 0.05) is 0 Å². The van der Waals surface area contributed by atoms with E-state index in [1.54, 1.807) is 13.8 Å². The van der Waals surface area contributed by atoms with Gasteiger partial charge >= 0.3 is 14.0 Å². The van der Waals surface area contributed by atoms with Crippen molar-refractivity contribution < 1.29 is 31.3 Å². The van der Waals surface area contributed by atoms with E-state index >= 15 is 0 Å². The first kappa shape index (κ1) is 17.3. The minimum atomic E-state index is -4.52. The molecule has 0 saturated carbocycles. The predicted octanol–water partition coefficient (Wildman–Crippen LogP) is 4.92. The lowest BCUT2D eigenvalue weighted by atomic mass is 10.2. The molecule has 4 nitrogen and oxygen atoms in total. The highest BCUT2D eigenvalue weighted by atomic mass is 35.5. The van der Waals surface area contributed by atoms with E-state index in [-0.39, 0.29) is 24.0 Å². The fourth-order valence-corrected chi connectivity index (χ4v) is 2.76. The fourth-order valence-electron chi connectivity index (χ4n) is 1.28. The Kier molecular flexibility index (Phi) is 5.89. The Hall–Kier alpha value is -0.750. The minimum Gasteiger partial charge on any atom is -0.402 e. The topological polar surface area (TPSA) is 44.8 Å². The van der Waals surface area contributed by atoms with Crippen LogP contribution in [0.4, 0.5) is 13.2 Å². The van der Waals surface area contributed by atoms with Gasteiger partial charge in [-0.15, -0.1) is 0 Å². The molecule has 0 N–H and O–H groups in total. The van der Waals surface area contributed by atoms with E-state index in [4.69, 9.17) is 25.2 Å². The number of phosphoric ester groups is 1. The molecule has 0 radical (unpaired) electrons. The highest BCUT2D eigenvalue weighted by Crippen LogP contribution is 2.51. The van der Waals surface area contributed by atoms with Crippen molar-refractivity contribution in [2.75, 3.05) is 13.2 Å². The van der Waals surface area contributed by atoms with E-state index < -0.39 is 19.6 Å². The van der Waals surface area contributed by atoms with Gasteiger partial charge in [-0.3, -0.25) is 9.05 Å². The third-order valence-electron chi connectivity index (χ3n) is 2.04. The molecule has 1 aromatic rings. The highest BCUT2D eigenvalue weighted by Gasteiger charge is 2.33. The molecule has 1 rings (SSSR count). The van der Waals surface area contributed by atoms with E-state index in [1.165, 1.54) is 0 Å². The lowest BCUT2D eigenvalue weighted by molar-refractivity contribution is -0.137. The molecule has 0 heterocycles. The molecule has 20 heavy (non-hydrogen) atoms. The Balaban J connectivity index is 3.00. The summed E-state index contributed by atoms with van der Waals surface area (Å²) in [6.45, 7) is 3.25. The molecule has 1 aromatic carbocycles. The Morgan fingerprint density at radius 3 is 2.15 bits per heavy atom. The van der Waals surface area contributed by atoms with Crippen molar-refractivity contribution in [3.63, 3.8) is 0 Å². The van der Waals surface area contributed by atoms with Crippen molar-refractivity contribution in [1.29, 1.82) is 0 Å². The second-order valence-electron chi connectivity index (χ2n) is 3.52. The van der Waals surface area contributed by atoms with Crippen molar-refractivity contribution in [2.24, 2.45) is 0 Å². The molecule has 9 heteroatoms. The summed E-state index contributed by atoms with van der Waals surface area (Å²) in [6, 6.07) is 2.42. The molecule has 0 spiro atoms. The summed E-state index contributed by atoms with van der Waals surface area (Å²) < 4.78 is 64.2. The largest absolute Gasteiger partial charge is 0.530 e. The SMILES string of the molecule is CCOP(=O)(OCC)Oc1ccc(C(F)(F)F)cc1Cl. The first-order valence-corrected chi connectivity index (χ1v) is 7.51. The van der Waals surface area contributed by atoms with Crippen LogP contribution in [0.2, 0.25) is 5.02 Å². The van der Waals surface area contributed by atoms with Crippen LogP contribution in [0.3, 0.4) is 0 Å². The quantitative estimate of drug-likeness (QED) is 0.694. The van der Waals surface area contributed by atoms with Gasteiger partial charge in [-0.1, -0.05) is 11.6 Å². The van der Waals surface area contributed by atoms with Gasteiger partial charge in [0.05, 0.1) is 23.8 Å². The number of phosphoric acid groups is 1. The minimum absolute atomic E-state index is 0.0511. The molecule has 0 atom stereocenters. The van der Waals surface area contributed by atoms with Gasteiger partial charge in [0.25, 0.3) is 0 Å². The second-order valence-corrected chi connectivity index (χ2v) is 5.52. The molecule has 114 valence electrons. The van der Waals surface area contributed by atoms with Gasteiger partial charge in [0.2, 0.25) is 0 Å². The molecular formula is C11H13ClF3O4P. The van der Waals surface area contributed by atoms with Crippen molar-refractivity contribution >= 4 is 19.4 Å². The summed E-state index contributed by atoms with van der Waals surface area (Å²) in [4.78, 5) is 0. The molecule has 0 amide bonds. The Morgan fingerprint density at radius 2 is 1.75 bits per heavy atom. The lowest BCUT2D eigenvalue weighted by Crippen LogP contribution is -2.06. The molecular weight excluding hydrogens is 320 g/mol. The zero-order valence-corrected chi connectivity index (χ0v) is 12.4. The molecule has 0 aliphatic rings. The van der Waals surface area contributed by atoms with Crippen molar-refractivity contribution in [3.8, 4) is 5.75 Å². The Morgan fingerprint density at radius 1 is 1.20 bits per heavy atom. The summed E-state index contributed by atoms with van der Waals surface area (Å²) in [5.41, 5.74) is -0.933. The van der Waals surface area contributed by atoms with Gasteiger partial charge in [0.15, 0.2) is 0 Å². The molecule has 0 aromatic heterocycles. The fraction of sp³-hybridized carbons (Fsp3) is 0.455. The zero-order valence-electron chi connectivity index (χ0n) is 10.7. The van der Waals surface area contributed by atoms with Crippen molar-refractivity contribution in [2.45, 2.75) is 20.0 Å². The van der Waals surface area contributed by atoms with Crippen molar-refractivity contribution in [3.05, 3.63) is 28.8 Å². The maximum atomic E-state index is 12.5. The van der Waals surface area contributed by atoms with Crippen molar-refractivity contribution in [1.82, 2.24) is 0 Å². The standard InChI is InChI=1S/C11H13ClF3O4P/c1-3-17-20(16,18-4-2)19-10-6-5-8(7-9(10)12)11(13,14)15/h5-7H,3-4H2,1-2H3. The lowest BCUT2D eigenvalue weighted by Gasteiger charge is -2.18. The summed E-state index contributed by atoms with van der Waals surface area (Å²) >= 11 is 5.68. The van der Waals surface area contributed by atoms with Crippen LogP contribution >= 0.6 is 19.4 Å². The van der Waals surface area contributed by atoms with Crippen LogP contribution in [0.25, 0.3) is 0 Å². The van der Waals surface area contributed by atoms with E-state index in [1.807, 2.05) is 0 Å². The van der Waals surface area contributed by atoms with Crippen LogP contribution < -0.4 is 4.52 Å². The summed E-state index contributed by atoms with van der Waals surface area (Å²) in [6.07, 6.45) is -4.52. The third-order valence-corrected chi connectivity index (χ3v) is 3.91. The second kappa shape index (κ2) is 6.80. The molecule has 0 bridgehead atoms. The number of halogens is 4. The number of alkyl halides is 3. The molecule has 0 unspecified atom stereocenters. The first-order chi connectivity index (χ1) is 9.22. The van der Waals surface area contributed by atoms with E-state index in [0.29, 0.717) is 6.07 Å². The number of rotatable bonds is 6. The monoisotopic (exact) mass is 332 g/mol. The van der Waals surface area contributed by atoms with Gasteiger partial charge in [-0.05, 0) is 32.0 Å². The normalized spacial score (nSPS) is 12.5. The summed E-state index contributed by atoms with van der Waals surface area (Å²) in [7, 11) is -3.89. The van der Waals surface area contributed by atoms with Gasteiger partial charge in [-0.2, -0.15) is 13.2 Å². The molecule has 0 aliphatic heterocycles. The first-order valence-electron chi connectivity index (χ1n) is 5.67. The van der Waals surface area contributed by atoms with Crippen LogP contribution in [0.5, 0.6) is 5.75 Å². The van der Waals surface area contributed by atoms with Crippen LogP contribution in [0.15, 0.2) is 18.2 Å². The number of hydrogen-bond acceptors (Lipinski definition) is 4. The van der Waals surface area contributed by atoms with Gasteiger partial charge < -0.3 is 4.52 Å². The average molecular weight is 333 g/mol. The summed E-state index contributed by atoms with van der Waals surface area (Å²) in [5, 5.41) is -0.334. The van der Waals surface area contributed by atoms with Gasteiger partial charge in [-0.25, -0.2) is 4.57 Å². The maximum absolute atomic E-state index is 12.5. The third kappa shape index (κ3) is 4.66. The molecule has 0 fully saturated rings. The van der Waals surface area contributed by atoms with E-state index in [2.05, 4.69) is 0 Å². The van der Waals surface area contributed by atoms with Crippen LogP contribution in [0, 0.1) is 0 Å². The predicted molar refractivity (Wildman–Crippen MR) is 67.9 cm³/mol. The molecule has 0 aliphatic carbocycles. The van der Waals surface area contributed by atoms with Gasteiger partial charge in [0.1, 0.15) is 5.75 Å². The van der Waals surface area contributed by atoms with Crippen LogP contribution in [-0.4, -0.2) is 13.2 Å². The van der Waals surface area contributed by atoms with Crippen LogP contribution in [0.1, 0.15) is 19.4 Å². The van der Waals surface area contributed by atoms with E-state index in [9.17, 15) is 17.7 Å².